The molecule has 2 aromatic carbocycles. The Morgan fingerprint density at radius 3 is 2.18 bits per heavy atom. The Bertz CT molecular complexity index is 1890. The summed E-state index contributed by atoms with van der Waals surface area (Å²) in [7, 11) is 7.56. The molecule has 3 heterocycles. The van der Waals surface area contributed by atoms with Crippen LogP contribution < -0.4 is 40.3 Å². The second kappa shape index (κ2) is 13.6. The van der Waals surface area contributed by atoms with Crippen molar-refractivity contribution >= 4 is 12.1 Å². The van der Waals surface area contributed by atoms with E-state index in [9.17, 15) is 19.2 Å². The van der Waals surface area contributed by atoms with Gasteiger partial charge < -0.3 is 43.2 Å². The van der Waals surface area contributed by atoms with Crippen molar-refractivity contribution in [1.82, 2.24) is 14.9 Å². The number of amides is 1. The Morgan fingerprint density at radius 1 is 0.898 bits per heavy atom. The van der Waals surface area contributed by atoms with E-state index in [-0.39, 0.29) is 13.2 Å². The van der Waals surface area contributed by atoms with Gasteiger partial charge in [-0.3, -0.25) is 19.1 Å². The molecule has 0 unspecified atom stereocenters. The highest BCUT2D eigenvalue weighted by Gasteiger charge is 2.53. The standard InChI is InChI=1S/C34H37N3O12/c1-16-13-37(33(40)36-31(16)38)26-8-7-18(49-26)14-48-34(41)35-29-20-12-23(43-3)22(42-2)11-19(20)27(28-21(29)15-47-32(28)39)17-9-24(44-4)30(46-6)25(10-17)45-5/h7-13,18,21,26-29H,14-15H2,1-6H3,(H,35,41)(H,36,38,40)/t18-,21-,26+,27+,28-,29+/m0/s1. The highest BCUT2D eigenvalue weighted by molar-refractivity contribution is 5.80. The van der Waals surface area contributed by atoms with Crippen molar-refractivity contribution in [1.29, 1.82) is 0 Å². The Kier molecular flexibility index (Phi) is 9.28. The number of benzene rings is 2. The van der Waals surface area contributed by atoms with Crippen LogP contribution in [0, 0.1) is 18.8 Å². The van der Waals surface area contributed by atoms with Crippen molar-refractivity contribution in [2.75, 3.05) is 48.8 Å². The van der Waals surface area contributed by atoms with Crippen molar-refractivity contribution in [3.63, 3.8) is 0 Å². The number of aryl methyl sites for hydroxylation is 1. The quantitative estimate of drug-likeness (QED) is 0.237. The molecule has 3 aromatic rings. The lowest BCUT2D eigenvalue weighted by Gasteiger charge is -2.39. The third-order valence-corrected chi connectivity index (χ3v) is 9.12. The lowest BCUT2D eigenvalue weighted by atomic mass is 9.65. The lowest BCUT2D eigenvalue weighted by Crippen LogP contribution is -2.43. The van der Waals surface area contributed by atoms with E-state index >= 15 is 0 Å². The number of ether oxygens (including phenoxy) is 8. The number of esters is 1. The zero-order valence-corrected chi connectivity index (χ0v) is 27.8. The predicted octanol–water partition coefficient (Wildman–Crippen LogP) is 2.74. The molecule has 1 aromatic heterocycles. The number of aromatic amines is 1. The minimum absolute atomic E-state index is 0.0483. The van der Waals surface area contributed by atoms with Gasteiger partial charge in [0.25, 0.3) is 5.56 Å². The van der Waals surface area contributed by atoms with Gasteiger partial charge in [-0.2, -0.15) is 0 Å². The van der Waals surface area contributed by atoms with Crippen LogP contribution in [-0.2, 0) is 19.0 Å². The number of nitrogens with one attached hydrogen (secondary N) is 2. The van der Waals surface area contributed by atoms with E-state index in [2.05, 4.69) is 10.3 Å². The maximum absolute atomic E-state index is 13.5. The fourth-order valence-corrected chi connectivity index (χ4v) is 6.81. The van der Waals surface area contributed by atoms with E-state index in [1.807, 2.05) is 0 Å². The normalized spacial score (nSPS) is 23.6. The van der Waals surface area contributed by atoms with E-state index in [0.717, 1.165) is 0 Å². The molecule has 6 rings (SSSR count). The summed E-state index contributed by atoms with van der Waals surface area (Å²) in [6.45, 7) is 1.46. The van der Waals surface area contributed by atoms with Gasteiger partial charge in [0.1, 0.15) is 12.7 Å². The van der Waals surface area contributed by atoms with Crippen molar-refractivity contribution in [2.45, 2.75) is 31.2 Å². The third-order valence-electron chi connectivity index (χ3n) is 9.12. The van der Waals surface area contributed by atoms with E-state index in [1.54, 1.807) is 43.3 Å². The summed E-state index contributed by atoms with van der Waals surface area (Å²) in [6, 6.07) is 6.44. The van der Waals surface area contributed by atoms with Crippen LogP contribution in [0.5, 0.6) is 28.7 Å². The predicted molar refractivity (Wildman–Crippen MR) is 172 cm³/mol. The molecule has 49 heavy (non-hydrogen) atoms. The first-order valence-electron chi connectivity index (χ1n) is 15.4. The maximum atomic E-state index is 13.5. The van der Waals surface area contributed by atoms with E-state index in [1.165, 1.54) is 46.3 Å². The molecular weight excluding hydrogens is 642 g/mol. The first-order chi connectivity index (χ1) is 23.6. The summed E-state index contributed by atoms with van der Waals surface area (Å²) >= 11 is 0. The van der Waals surface area contributed by atoms with Gasteiger partial charge in [0.2, 0.25) is 5.75 Å². The van der Waals surface area contributed by atoms with Crippen LogP contribution in [0.1, 0.15) is 40.4 Å². The number of carbonyl (C=O) groups excluding carboxylic acids is 2. The molecule has 0 bridgehead atoms. The highest BCUT2D eigenvalue weighted by Crippen LogP contribution is 2.55. The van der Waals surface area contributed by atoms with Gasteiger partial charge in [0, 0.05) is 23.6 Å². The zero-order chi connectivity index (χ0) is 35.0. The molecule has 2 N–H and O–H groups in total. The molecule has 0 saturated carbocycles. The van der Waals surface area contributed by atoms with Crippen LogP contribution in [0.25, 0.3) is 0 Å². The van der Waals surface area contributed by atoms with Crippen molar-refractivity contribution in [3.05, 3.63) is 85.7 Å². The van der Waals surface area contributed by atoms with E-state index < -0.39 is 59.4 Å². The molecular formula is C34H37N3O12. The van der Waals surface area contributed by atoms with Gasteiger partial charge in [0.05, 0.1) is 54.1 Å². The van der Waals surface area contributed by atoms with Crippen molar-refractivity contribution in [2.24, 2.45) is 11.8 Å². The molecule has 1 fully saturated rings. The fraction of sp³-hybridized carbons (Fsp3) is 0.412. The van der Waals surface area contributed by atoms with Gasteiger partial charge in [-0.05, 0) is 54.0 Å². The van der Waals surface area contributed by atoms with Gasteiger partial charge in [-0.25, -0.2) is 9.59 Å². The van der Waals surface area contributed by atoms with E-state index in [4.69, 9.17) is 37.9 Å². The molecule has 1 amide bonds. The number of carbonyl (C=O) groups is 2. The van der Waals surface area contributed by atoms with Gasteiger partial charge >= 0.3 is 17.8 Å². The Morgan fingerprint density at radius 2 is 1.55 bits per heavy atom. The van der Waals surface area contributed by atoms with Crippen LogP contribution in [-0.4, -0.2) is 76.5 Å². The van der Waals surface area contributed by atoms with Crippen LogP contribution >= 0.6 is 0 Å². The summed E-state index contributed by atoms with van der Waals surface area (Å²) < 4.78 is 46.4. The fourth-order valence-electron chi connectivity index (χ4n) is 6.81. The number of hydrogen-bond donors (Lipinski definition) is 2. The minimum atomic E-state index is -0.790. The summed E-state index contributed by atoms with van der Waals surface area (Å²) in [5.74, 6) is -0.0827. The van der Waals surface area contributed by atoms with Crippen molar-refractivity contribution < 1.29 is 47.5 Å². The van der Waals surface area contributed by atoms with Crippen molar-refractivity contribution in [3.8, 4) is 28.7 Å². The van der Waals surface area contributed by atoms with Gasteiger partial charge in [0.15, 0.2) is 29.2 Å². The molecule has 2 aliphatic heterocycles. The highest BCUT2D eigenvalue weighted by atomic mass is 16.6. The number of H-pyrrole nitrogens is 1. The third kappa shape index (κ3) is 6.05. The summed E-state index contributed by atoms with van der Waals surface area (Å²) in [5, 5.41) is 2.95. The lowest BCUT2D eigenvalue weighted by molar-refractivity contribution is -0.141. The smallest absolute Gasteiger partial charge is 0.407 e. The molecule has 260 valence electrons. The number of fused-ring (bicyclic) bond motifs is 2. The Balaban J connectivity index is 1.30. The molecule has 15 nitrogen and oxygen atoms in total. The van der Waals surface area contributed by atoms with Gasteiger partial charge in [-0.15, -0.1) is 0 Å². The summed E-state index contributed by atoms with van der Waals surface area (Å²) in [4.78, 5) is 53.2. The number of hydrogen-bond acceptors (Lipinski definition) is 12. The molecule has 0 spiro atoms. The Labute approximate surface area is 280 Å². The second-order valence-corrected chi connectivity index (χ2v) is 11.7. The number of alkyl carbamates (subject to hydrolysis) is 1. The SMILES string of the molecule is COc1cc2c(cc1OC)[C@@H](NC(=O)OC[C@@H]1C=C[C@H](n3cc(C)c(=O)[nH]c3=O)O1)[C@H]1COC(=O)[C@@H]1[C@@H]2c1cc(OC)c(OC)c(OC)c1. The minimum Gasteiger partial charge on any atom is -0.493 e. The van der Waals surface area contributed by atoms with E-state index in [0.29, 0.717) is 51.0 Å². The average molecular weight is 680 g/mol. The number of methoxy groups -OCH3 is 5. The molecule has 6 atom stereocenters. The molecule has 3 aliphatic rings. The average Bonchev–Trinajstić information content (AvgIpc) is 3.74. The first kappa shape index (κ1) is 33.5. The number of nitrogens with zero attached hydrogens (tertiary/aromatic N) is 1. The molecule has 1 saturated heterocycles. The molecule has 0 radical (unpaired) electrons. The van der Waals surface area contributed by atoms with Crippen LogP contribution in [0.3, 0.4) is 0 Å². The topological polar surface area (TPSA) is 175 Å². The monoisotopic (exact) mass is 679 g/mol. The number of rotatable bonds is 10. The summed E-state index contributed by atoms with van der Waals surface area (Å²) in [5.41, 5.74) is 1.32. The Hall–Kier alpha value is -5.44. The molecule has 15 heteroatoms. The van der Waals surface area contributed by atoms with Crippen LogP contribution in [0.2, 0.25) is 0 Å². The number of cyclic esters (lactones) is 1. The van der Waals surface area contributed by atoms with Crippen LogP contribution in [0.4, 0.5) is 4.79 Å². The maximum Gasteiger partial charge on any atom is 0.407 e. The zero-order valence-electron chi connectivity index (χ0n) is 27.8. The van der Waals surface area contributed by atoms with Gasteiger partial charge in [-0.1, -0.05) is 6.08 Å². The molecule has 1 aliphatic carbocycles. The summed E-state index contributed by atoms with van der Waals surface area (Å²) in [6.07, 6.45) is 2.50. The number of aromatic nitrogens is 2. The first-order valence-corrected chi connectivity index (χ1v) is 15.4. The largest absolute Gasteiger partial charge is 0.493 e. The van der Waals surface area contributed by atoms with Crippen LogP contribution in [0.15, 0.2) is 52.2 Å². The second-order valence-electron chi connectivity index (χ2n) is 11.7.